The maximum absolute atomic E-state index is 13.1. The SMILES string of the molecule is Cc1cc(C(=O)NCc2ccc(F)c(F)c2)ccc1NN. The fourth-order valence-corrected chi connectivity index (χ4v) is 1.90. The van der Waals surface area contributed by atoms with E-state index in [2.05, 4.69) is 10.7 Å². The van der Waals surface area contributed by atoms with E-state index in [9.17, 15) is 13.6 Å². The Balaban J connectivity index is 2.04. The number of hydrazine groups is 1. The van der Waals surface area contributed by atoms with E-state index in [1.807, 2.05) is 6.92 Å². The van der Waals surface area contributed by atoms with Gasteiger partial charge >= 0.3 is 0 Å². The average Bonchev–Trinajstić information content (AvgIpc) is 2.48. The number of carbonyl (C=O) groups is 1. The summed E-state index contributed by atoms with van der Waals surface area (Å²) in [5, 5.41) is 2.65. The van der Waals surface area contributed by atoms with Crippen LogP contribution in [0.4, 0.5) is 14.5 Å². The molecule has 0 fully saturated rings. The summed E-state index contributed by atoms with van der Waals surface area (Å²) < 4.78 is 25.9. The number of amides is 1. The topological polar surface area (TPSA) is 67.2 Å². The van der Waals surface area contributed by atoms with Crippen molar-refractivity contribution in [3.63, 3.8) is 0 Å². The molecule has 0 saturated carbocycles. The fraction of sp³-hybridized carbons (Fsp3) is 0.133. The van der Waals surface area contributed by atoms with Crippen LogP contribution in [0.2, 0.25) is 0 Å². The molecule has 4 N–H and O–H groups in total. The molecule has 0 aliphatic carbocycles. The highest BCUT2D eigenvalue weighted by molar-refractivity contribution is 5.94. The number of hydrogen-bond donors (Lipinski definition) is 3. The zero-order chi connectivity index (χ0) is 15.4. The first-order chi connectivity index (χ1) is 10.0. The molecule has 2 aromatic carbocycles. The lowest BCUT2D eigenvalue weighted by Gasteiger charge is -2.09. The van der Waals surface area contributed by atoms with Crippen LogP contribution in [0.5, 0.6) is 0 Å². The molecule has 0 aliphatic rings. The van der Waals surface area contributed by atoms with Gasteiger partial charge in [-0.1, -0.05) is 6.07 Å². The maximum Gasteiger partial charge on any atom is 0.251 e. The van der Waals surface area contributed by atoms with Crippen molar-refractivity contribution < 1.29 is 13.6 Å². The van der Waals surface area contributed by atoms with Crippen LogP contribution in [0.25, 0.3) is 0 Å². The third kappa shape index (κ3) is 3.55. The van der Waals surface area contributed by atoms with Crippen molar-refractivity contribution in [2.45, 2.75) is 13.5 Å². The maximum atomic E-state index is 13.1. The van der Waals surface area contributed by atoms with Gasteiger partial charge in [0.05, 0.1) is 5.69 Å². The largest absolute Gasteiger partial charge is 0.348 e. The van der Waals surface area contributed by atoms with Gasteiger partial charge in [0.2, 0.25) is 0 Å². The van der Waals surface area contributed by atoms with Gasteiger partial charge in [-0.2, -0.15) is 0 Å². The van der Waals surface area contributed by atoms with Crippen molar-refractivity contribution in [3.05, 3.63) is 64.7 Å². The Hall–Kier alpha value is -2.47. The van der Waals surface area contributed by atoms with E-state index in [0.29, 0.717) is 11.1 Å². The van der Waals surface area contributed by atoms with Gasteiger partial charge in [0.25, 0.3) is 5.91 Å². The summed E-state index contributed by atoms with van der Waals surface area (Å²) >= 11 is 0. The van der Waals surface area contributed by atoms with Crippen molar-refractivity contribution >= 4 is 11.6 Å². The highest BCUT2D eigenvalue weighted by Crippen LogP contribution is 2.15. The van der Waals surface area contributed by atoms with E-state index in [4.69, 9.17) is 5.84 Å². The monoisotopic (exact) mass is 291 g/mol. The Kier molecular flexibility index (Phi) is 4.49. The molecule has 0 heterocycles. The first-order valence-corrected chi connectivity index (χ1v) is 6.30. The van der Waals surface area contributed by atoms with Crippen molar-refractivity contribution in [2.24, 2.45) is 5.84 Å². The fourth-order valence-electron chi connectivity index (χ4n) is 1.90. The van der Waals surface area contributed by atoms with E-state index < -0.39 is 11.6 Å². The van der Waals surface area contributed by atoms with Gasteiger partial charge in [-0.15, -0.1) is 0 Å². The lowest BCUT2D eigenvalue weighted by molar-refractivity contribution is 0.0951. The van der Waals surface area contributed by atoms with Crippen LogP contribution in [0.15, 0.2) is 36.4 Å². The van der Waals surface area contributed by atoms with Crippen LogP contribution in [0.1, 0.15) is 21.5 Å². The van der Waals surface area contributed by atoms with E-state index >= 15 is 0 Å². The normalized spacial score (nSPS) is 10.3. The van der Waals surface area contributed by atoms with Gasteiger partial charge in [-0.3, -0.25) is 10.6 Å². The van der Waals surface area contributed by atoms with Crippen LogP contribution in [0.3, 0.4) is 0 Å². The molecule has 110 valence electrons. The number of nitrogens with one attached hydrogen (secondary N) is 2. The number of rotatable bonds is 4. The summed E-state index contributed by atoms with van der Waals surface area (Å²) in [4.78, 5) is 12.0. The standard InChI is InChI=1S/C15H15F2N3O/c1-9-6-11(3-5-14(9)20-18)15(21)19-8-10-2-4-12(16)13(17)7-10/h2-7,20H,8,18H2,1H3,(H,19,21). The molecular weight excluding hydrogens is 276 g/mol. The van der Waals surface area contributed by atoms with E-state index in [1.165, 1.54) is 6.07 Å². The second kappa shape index (κ2) is 6.32. The lowest BCUT2D eigenvalue weighted by atomic mass is 10.1. The number of hydrogen-bond acceptors (Lipinski definition) is 3. The molecule has 0 aliphatic heterocycles. The van der Waals surface area contributed by atoms with Crippen LogP contribution in [-0.4, -0.2) is 5.91 Å². The zero-order valence-electron chi connectivity index (χ0n) is 11.4. The minimum atomic E-state index is -0.934. The Bertz CT molecular complexity index is 674. The minimum absolute atomic E-state index is 0.117. The molecule has 0 aromatic heterocycles. The second-order valence-electron chi connectivity index (χ2n) is 4.61. The predicted octanol–water partition coefficient (Wildman–Crippen LogP) is 2.49. The van der Waals surface area contributed by atoms with Gasteiger partial charge in [0, 0.05) is 12.1 Å². The van der Waals surface area contributed by atoms with Gasteiger partial charge < -0.3 is 10.7 Å². The number of aryl methyl sites for hydroxylation is 1. The van der Waals surface area contributed by atoms with Crippen LogP contribution < -0.4 is 16.6 Å². The van der Waals surface area contributed by atoms with E-state index in [1.54, 1.807) is 18.2 Å². The average molecular weight is 291 g/mol. The van der Waals surface area contributed by atoms with E-state index in [0.717, 1.165) is 23.4 Å². The molecule has 0 unspecified atom stereocenters. The molecular formula is C15H15F2N3O. The Morgan fingerprint density at radius 2 is 1.90 bits per heavy atom. The first-order valence-electron chi connectivity index (χ1n) is 6.30. The molecule has 4 nitrogen and oxygen atoms in total. The molecule has 0 spiro atoms. The Morgan fingerprint density at radius 1 is 1.14 bits per heavy atom. The second-order valence-corrected chi connectivity index (χ2v) is 4.61. The van der Waals surface area contributed by atoms with Gasteiger partial charge in [-0.25, -0.2) is 8.78 Å². The van der Waals surface area contributed by atoms with Crippen LogP contribution in [-0.2, 0) is 6.54 Å². The van der Waals surface area contributed by atoms with Gasteiger partial charge in [0.1, 0.15) is 0 Å². The zero-order valence-corrected chi connectivity index (χ0v) is 11.4. The molecule has 0 atom stereocenters. The van der Waals surface area contributed by atoms with Gasteiger partial charge in [0.15, 0.2) is 11.6 Å². The molecule has 0 radical (unpaired) electrons. The number of nitrogen functional groups attached to an aromatic ring is 1. The lowest BCUT2D eigenvalue weighted by Crippen LogP contribution is -2.23. The third-order valence-corrected chi connectivity index (χ3v) is 3.08. The molecule has 6 heteroatoms. The number of benzene rings is 2. The molecule has 21 heavy (non-hydrogen) atoms. The number of carbonyl (C=O) groups excluding carboxylic acids is 1. The third-order valence-electron chi connectivity index (χ3n) is 3.08. The van der Waals surface area contributed by atoms with Crippen LogP contribution in [0, 0.1) is 18.6 Å². The summed E-state index contributed by atoms with van der Waals surface area (Å²) in [6.45, 7) is 1.94. The molecule has 0 saturated heterocycles. The molecule has 0 bridgehead atoms. The number of nitrogens with two attached hydrogens (primary N) is 1. The summed E-state index contributed by atoms with van der Waals surface area (Å²) in [5.41, 5.74) is 5.03. The quantitative estimate of drug-likeness (QED) is 0.599. The number of halogens is 2. The Morgan fingerprint density at radius 3 is 2.52 bits per heavy atom. The molecule has 2 rings (SSSR count). The highest BCUT2D eigenvalue weighted by Gasteiger charge is 2.08. The highest BCUT2D eigenvalue weighted by atomic mass is 19.2. The molecule has 2 aromatic rings. The first kappa shape index (κ1) is 14.9. The minimum Gasteiger partial charge on any atom is -0.348 e. The summed E-state index contributed by atoms with van der Waals surface area (Å²) in [6.07, 6.45) is 0. The van der Waals surface area contributed by atoms with Crippen LogP contribution >= 0.6 is 0 Å². The molecule has 1 amide bonds. The van der Waals surface area contributed by atoms with Crippen molar-refractivity contribution in [1.29, 1.82) is 0 Å². The summed E-state index contributed by atoms with van der Waals surface area (Å²) in [5.74, 6) is 3.18. The predicted molar refractivity (Wildman–Crippen MR) is 76.5 cm³/mol. The summed E-state index contributed by atoms with van der Waals surface area (Å²) in [6, 6.07) is 8.52. The van der Waals surface area contributed by atoms with Gasteiger partial charge in [-0.05, 0) is 48.4 Å². The Labute approximate surface area is 120 Å². The van der Waals surface area contributed by atoms with Crippen molar-refractivity contribution in [2.75, 3.05) is 5.43 Å². The van der Waals surface area contributed by atoms with Crippen molar-refractivity contribution in [1.82, 2.24) is 5.32 Å². The smallest absolute Gasteiger partial charge is 0.251 e. The van der Waals surface area contributed by atoms with Crippen molar-refractivity contribution in [3.8, 4) is 0 Å². The van der Waals surface area contributed by atoms with E-state index in [-0.39, 0.29) is 12.5 Å². The summed E-state index contributed by atoms with van der Waals surface area (Å²) in [7, 11) is 0. The number of anilines is 1.